The Bertz CT molecular complexity index is 393. The average Bonchev–Trinajstić information content (AvgIpc) is 2.48. The Kier molecular flexibility index (Phi) is 9.11. The summed E-state index contributed by atoms with van der Waals surface area (Å²) in [6.45, 7) is 10.0. The SMILES string of the molecule is CCCNCc1ccc(OC)c(COCC(C)CCC)c1. The molecule has 21 heavy (non-hydrogen) atoms. The van der Waals surface area contributed by atoms with Crippen LogP contribution in [0.2, 0.25) is 0 Å². The predicted molar refractivity (Wildman–Crippen MR) is 88.7 cm³/mol. The molecule has 1 aromatic carbocycles. The molecular weight excluding hydrogens is 262 g/mol. The number of methoxy groups -OCH3 is 1. The summed E-state index contributed by atoms with van der Waals surface area (Å²) in [4.78, 5) is 0. The van der Waals surface area contributed by atoms with Gasteiger partial charge in [-0.1, -0.05) is 33.3 Å². The first-order chi connectivity index (χ1) is 10.2. The second kappa shape index (κ2) is 10.6. The lowest BCUT2D eigenvalue weighted by atomic mass is 10.1. The Labute approximate surface area is 130 Å². The third kappa shape index (κ3) is 6.96. The Balaban J connectivity index is 2.54. The normalized spacial score (nSPS) is 12.4. The number of nitrogens with one attached hydrogen (secondary N) is 1. The summed E-state index contributed by atoms with van der Waals surface area (Å²) < 4.78 is 11.3. The molecule has 1 unspecified atom stereocenters. The van der Waals surface area contributed by atoms with Crippen LogP contribution in [0.4, 0.5) is 0 Å². The minimum Gasteiger partial charge on any atom is -0.496 e. The van der Waals surface area contributed by atoms with Gasteiger partial charge in [0, 0.05) is 18.7 Å². The molecule has 120 valence electrons. The summed E-state index contributed by atoms with van der Waals surface area (Å²) in [7, 11) is 1.72. The molecule has 0 aliphatic rings. The van der Waals surface area contributed by atoms with E-state index in [9.17, 15) is 0 Å². The molecule has 1 atom stereocenters. The Hall–Kier alpha value is -1.06. The van der Waals surface area contributed by atoms with Gasteiger partial charge in [-0.3, -0.25) is 0 Å². The van der Waals surface area contributed by atoms with Gasteiger partial charge in [0.25, 0.3) is 0 Å². The fourth-order valence-corrected chi connectivity index (χ4v) is 2.41. The molecule has 0 aromatic heterocycles. The van der Waals surface area contributed by atoms with Gasteiger partial charge in [-0.25, -0.2) is 0 Å². The second-order valence-corrected chi connectivity index (χ2v) is 5.73. The second-order valence-electron chi connectivity index (χ2n) is 5.73. The predicted octanol–water partition coefficient (Wildman–Crippen LogP) is 4.15. The van der Waals surface area contributed by atoms with Crippen molar-refractivity contribution in [1.29, 1.82) is 0 Å². The zero-order chi connectivity index (χ0) is 15.5. The number of rotatable bonds is 11. The first kappa shape index (κ1) is 18.0. The third-order valence-electron chi connectivity index (χ3n) is 3.54. The van der Waals surface area contributed by atoms with Crippen LogP contribution in [0.15, 0.2) is 18.2 Å². The lowest BCUT2D eigenvalue weighted by Crippen LogP contribution is -2.14. The van der Waals surface area contributed by atoms with E-state index in [1.807, 2.05) is 6.07 Å². The molecule has 0 saturated heterocycles. The quantitative estimate of drug-likeness (QED) is 0.622. The molecule has 0 spiro atoms. The van der Waals surface area contributed by atoms with E-state index in [1.54, 1.807) is 7.11 Å². The smallest absolute Gasteiger partial charge is 0.124 e. The molecule has 1 aromatic rings. The average molecular weight is 293 g/mol. The van der Waals surface area contributed by atoms with E-state index in [1.165, 1.54) is 18.4 Å². The van der Waals surface area contributed by atoms with Gasteiger partial charge in [0.05, 0.1) is 13.7 Å². The minimum atomic E-state index is 0.621. The summed E-state index contributed by atoms with van der Waals surface area (Å²) in [5, 5.41) is 3.43. The van der Waals surface area contributed by atoms with E-state index >= 15 is 0 Å². The fraction of sp³-hybridized carbons (Fsp3) is 0.667. The molecule has 0 bridgehead atoms. The van der Waals surface area contributed by atoms with Crippen molar-refractivity contribution >= 4 is 0 Å². The van der Waals surface area contributed by atoms with Gasteiger partial charge in [-0.05, 0) is 43.0 Å². The Morgan fingerprint density at radius 1 is 1.19 bits per heavy atom. The highest BCUT2D eigenvalue weighted by Gasteiger charge is 2.07. The summed E-state index contributed by atoms with van der Waals surface area (Å²) in [6.07, 6.45) is 3.59. The van der Waals surface area contributed by atoms with Crippen LogP contribution in [0, 0.1) is 5.92 Å². The lowest BCUT2D eigenvalue weighted by Gasteiger charge is -2.14. The topological polar surface area (TPSA) is 30.5 Å². The standard InChI is InChI=1S/C18H31NO2/c1-5-7-15(3)13-21-14-17-11-16(12-19-10-6-2)8-9-18(17)20-4/h8-9,11,15,19H,5-7,10,12-14H2,1-4H3. The van der Waals surface area contributed by atoms with Gasteiger partial charge in [0.1, 0.15) is 5.75 Å². The maximum atomic E-state index is 5.86. The highest BCUT2D eigenvalue weighted by Crippen LogP contribution is 2.21. The Morgan fingerprint density at radius 3 is 2.67 bits per heavy atom. The van der Waals surface area contributed by atoms with Crippen LogP contribution < -0.4 is 10.1 Å². The summed E-state index contributed by atoms with van der Waals surface area (Å²) >= 11 is 0. The molecule has 3 nitrogen and oxygen atoms in total. The first-order valence-corrected chi connectivity index (χ1v) is 8.15. The van der Waals surface area contributed by atoms with E-state index < -0.39 is 0 Å². The van der Waals surface area contributed by atoms with Gasteiger partial charge < -0.3 is 14.8 Å². The van der Waals surface area contributed by atoms with Crippen LogP contribution in [0.5, 0.6) is 5.75 Å². The van der Waals surface area contributed by atoms with Crippen molar-refractivity contribution in [2.75, 3.05) is 20.3 Å². The molecule has 1 N–H and O–H groups in total. The van der Waals surface area contributed by atoms with Gasteiger partial charge in [-0.2, -0.15) is 0 Å². The van der Waals surface area contributed by atoms with Crippen LogP contribution in [0.3, 0.4) is 0 Å². The largest absolute Gasteiger partial charge is 0.496 e. The summed E-state index contributed by atoms with van der Waals surface area (Å²) in [5.41, 5.74) is 2.42. The molecule has 0 amide bonds. The lowest BCUT2D eigenvalue weighted by molar-refractivity contribution is 0.0879. The maximum Gasteiger partial charge on any atom is 0.124 e. The molecular formula is C18H31NO2. The van der Waals surface area contributed by atoms with E-state index in [-0.39, 0.29) is 0 Å². The van der Waals surface area contributed by atoms with Crippen molar-refractivity contribution in [2.45, 2.75) is 53.2 Å². The van der Waals surface area contributed by atoms with Gasteiger partial charge in [-0.15, -0.1) is 0 Å². The minimum absolute atomic E-state index is 0.621. The van der Waals surface area contributed by atoms with Gasteiger partial charge in [0.15, 0.2) is 0 Å². The number of ether oxygens (including phenoxy) is 2. The van der Waals surface area contributed by atoms with Crippen molar-refractivity contribution in [2.24, 2.45) is 5.92 Å². The highest BCUT2D eigenvalue weighted by atomic mass is 16.5. The number of benzene rings is 1. The van der Waals surface area contributed by atoms with Crippen molar-refractivity contribution in [3.8, 4) is 5.75 Å². The summed E-state index contributed by atoms with van der Waals surface area (Å²) in [6, 6.07) is 6.34. The molecule has 1 rings (SSSR count). The molecule has 3 heteroatoms. The van der Waals surface area contributed by atoms with E-state index in [2.05, 4.69) is 38.2 Å². The van der Waals surface area contributed by atoms with Crippen molar-refractivity contribution in [3.05, 3.63) is 29.3 Å². The fourth-order valence-electron chi connectivity index (χ4n) is 2.41. The zero-order valence-electron chi connectivity index (χ0n) is 14.1. The molecule has 0 aliphatic heterocycles. The van der Waals surface area contributed by atoms with Crippen molar-refractivity contribution < 1.29 is 9.47 Å². The zero-order valence-corrected chi connectivity index (χ0v) is 14.1. The van der Waals surface area contributed by atoms with E-state index in [0.29, 0.717) is 12.5 Å². The molecule has 0 saturated carbocycles. The van der Waals surface area contributed by atoms with E-state index in [0.717, 1.165) is 37.4 Å². The number of hydrogen-bond donors (Lipinski definition) is 1. The van der Waals surface area contributed by atoms with Crippen LogP contribution in [-0.2, 0) is 17.9 Å². The first-order valence-electron chi connectivity index (χ1n) is 8.15. The molecule has 0 fully saturated rings. The van der Waals surface area contributed by atoms with Crippen LogP contribution in [0.1, 0.15) is 51.2 Å². The van der Waals surface area contributed by atoms with Crippen molar-refractivity contribution in [3.63, 3.8) is 0 Å². The third-order valence-corrected chi connectivity index (χ3v) is 3.54. The van der Waals surface area contributed by atoms with Crippen LogP contribution in [0.25, 0.3) is 0 Å². The summed E-state index contributed by atoms with van der Waals surface area (Å²) in [5.74, 6) is 1.53. The van der Waals surface area contributed by atoms with Crippen LogP contribution in [-0.4, -0.2) is 20.3 Å². The van der Waals surface area contributed by atoms with Gasteiger partial charge >= 0.3 is 0 Å². The maximum absolute atomic E-state index is 5.86. The number of hydrogen-bond acceptors (Lipinski definition) is 3. The molecule has 0 aliphatic carbocycles. The van der Waals surface area contributed by atoms with Gasteiger partial charge in [0.2, 0.25) is 0 Å². The molecule has 0 heterocycles. The highest BCUT2D eigenvalue weighted by molar-refractivity contribution is 5.36. The van der Waals surface area contributed by atoms with Crippen molar-refractivity contribution in [1.82, 2.24) is 5.32 Å². The Morgan fingerprint density at radius 2 is 2.00 bits per heavy atom. The van der Waals surface area contributed by atoms with Crippen LogP contribution >= 0.6 is 0 Å². The van der Waals surface area contributed by atoms with E-state index in [4.69, 9.17) is 9.47 Å². The molecule has 0 radical (unpaired) electrons. The monoisotopic (exact) mass is 293 g/mol.